The van der Waals surface area contributed by atoms with Crippen LogP contribution >= 0.6 is 0 Å². The maximum atomic E-state index is 12.9. The fourth-order valence-electron chi connectivity index (χ4n) is 4.37. The Balaban J connectivity index is 1.44. The molecule has 3 atom stereocenters. The number of rotatable bonds is 4. The van der Waals surface area contributed by atoms with Gasteiger partial charge < -0.3 is 10.2 Å². The van der Waals surface area contributed by atoms with Gasteiger partial charge >= 0.3 is 0 Å². The van der Waals surface area contributed by atoms with E-state index in [9.17, 15) is 9.59 Å². The summed E-state index contributed by atoms with van der Waals surface area (Å²) in [4.78, 5) is 27.2. The zero-order chi connectivity index (χ0) is 18.3. The van der Waals surface area contributed by atoms with Gasteiger partial charge in [-0.05, 0) is 50.2 Å². The van der Waals surface area contributed by atoms with Gasteiger partial charge in [-0.1, -0.05) is 0 Å². The first kappa shape index (κ1) is 16.8. The quantitative estimate of drug-likeness (QED) is 0.858. The largest absolute Gasteiger partial charge is 0.350 e. The molecular formula is C18H24N6O2. The van der Waals surface area contributed by atoms with E-state index in [0.29, 0.717) is 23.9 Å². The van der Waals surface area contributed by atoms with Crippen LogP contribution in [0.25, 0.3) is 0 Å². The molecule has 0 spiro atoms. The minimum Gasteiger partial charge on any atom is -0.350 e. The summed E-state index contributed by atoms with van der Waals surface area (Å²) < 4.78 is 1.63. The lowest BCUT2D eigenvalue weighted by atomic mass is 9.72. The summed E-state index contributed by atoms with van der Waals surface area (Å²) >= 11 is 0. The van der Waals surface area contributed by atoms with E-state index in [1.807, 2.05) is 11.8 Å². The van der Waals surface area contributed by atoms with Crippen molar-refractivity contribution in [2.45, 2.75) is 32.2 Å². The summed E-state index contributed by atoms with van der Waals surface area (Å²) in [6, 6.07) is 3.67. The van der Waals surface area contributed by atoms with Gasteiger partial charge in [0.15, 0.2) is 0 Å². The van der Waals surface area contributed by atoms with Crippen LogP contribution in [0.1, 0.15) is 45.9 Å². The smallest absolute Gasteiger partial charge is 0.272 e. The molecule has 2 aliphatic heterocycles. The van der Waals surface area contributed by atoms with Crippen molar-refractivity contribution in [3.63, 3.8) is 0 Å². The van der Waals surface area contributed by atoms with Crippen LogP contribution in [0.3, 0.4) is 0 Å². The molecule has 2 aromatic heterocycles. The SMILES string of the molecule is Cc1cc(C(=O)NCC2CC3CCC2N(C(=O)c2ccnn2C)C3)n[nH]1. The van der Waals surface area contributed by atoms with E-state index >= 15 is 0 Å². The number of carbonyl (C=O) groups excluding carboxylic acids is 2. The van der Waals surface area contributed by atoms with Crippen LogP contribution in [0.2, 0.25) is 0 Å². The Hall–Kier alpha value is -2.64. The Labute approximate surface area is 151 Å². The van der Waals surface area contributed by atoms with Crippen molar-refractivity contribution in [2.75, 3.05) is 13.1 Å². The number of H-pyrrole nitrogens is 1. The third kappa shape index (κ3) is 3.00. The third-order valence-corrected chi connectivity index (χ3v) is 5.67. The fourth-order valence-corrected chi connectivity index (χ4v) is 4.37. The average molecular weight is 356 g/mol. The topological polar surface area (TPSA) is 95.9 Å². The Morgan fingerprint density at radius 3 is 2.88 bits per heavy atom. The highest BCUT2D eigenvalue weighted by molar-refractivity contribution is 5.93. The molecule has 2 saturated heterocycles. The number of aryl methyl sites for hydroxylation is 2. The molecule has 2 bridgehead atoms. The maximum Gasteiger partial charge on any atom is 0.272 e. The number of amides is 2. The lowest BCUT2D eigenvalue weighted by molar-refractivity contribution is 0.00544. The van der Waals surface area contributed by atoms with E-state index in [1.54, 1.807) is 30.1 Å². The van der Waals surface area contributed by atoms with Crippen LogP contribution in [0.15, 0.2) is 18.3 Å². The predicted octanol–water partition coefficient (Wildman–Crippen LogP) is 1.12. The summed E-state index contributed by atoms with van der Waals surface area (Å²) in [6.45, 7) is 3.24. The van der Waals surface area contributed by atoms with Crippen molar-refractivity contribution < 1.29 is 9.59 Å². The highest BCUT2D eigenvalue weighted by Crippen LogP contribution is 2.39. The monoisotopic (exact) mass is 356 g/mol. The minimum atomic E-state index is -0.166. The zero-order valence-electron chi connectivity index (χ0n) is 15.1. The normalized spacial score (nSPS) is 24.7. The molecule has 4 heterocycles. The number of nitrogens with zero attached hydrogens (tertiary/aromatic N) is 4. The Morgan fingerprint density at radius 1 is 1.38 bits per heavy atom. The molecule has 2 aromatic rings. The van der Waals surface area contributed by atoms with Crippen molar-refractivity contribution in [1.82, 2.24) is 30.2 Å². The fraction of sp³-hybridized carbons (Fsp3) is 0.556. The number of aromatic amines is 1. The molecule has 8 nitrogen and oxygen atoms in total. The van der Waals surface area contributed by atoms with E-state index in [-0.39, 0.29) is 23.8 Å². The Kier molecular flexibility index (Phi) is 4.26. The maximum absolute atomic E-state index is 12.9. The number of piperidine rings is 2. The van der Waals surface area contributed by atoms with Gasteiger partial charge in [0, 0.05) is 38.1 Å². The Morgan fingerprint density at radius 2 is 2.23 bits per heavy atom. The number of aromatic nitrogens is 4. The first-order chi connectivity index (χ1) is 12.5. The zero-order valence-corrected chi connectivity index (χ0v) is 15.1. The van der Waals surface area contributed by atoms with Crippen LogP contribution in [0, 0.1) is 18.8 Å². The minimum absolute atomic E-state index is 0.0404. The lowest BCUT2D eigenvalue weighted by Crippen LogP contribution is -2.57. The van der Waals surface area contributed by atoms with Crippen molar-refractivity contribution >= 4 is 11.8 Å². The molecule has 3 aliphatic rings. The summed E-state index contributed by atoms with van der Waals surface area (Å²) in [5.74, 6) is 0.661. The van der Waals surface area contributed by atoms with Crippen LogP contribution in [0.4, 0.5) is 0 Å². The van der Waals surface area contributed by atoms with Crippen molar-refractivity contribution in [1.29, 1.82) is 0 Å². The molecule has 1 aliphatic carbocycles. The van der Waals surface area contributed by atoms with Crippen molar-refractivity contribution in [3.8, 4) is 0 Å². The average Bonchev–Trinajstić information content (AvgIpc) is 3.27. The second-order valence-electron chi connectivity index (χ2n) is 7.45. The molecule has 3 unspecified atom stereocenters. The van der Waals surface area contributed by atoms with Crippen LogP contribution in [0.5, 0.6) is 0 Å². The molecular weight excluding hydrogens is 332 g/mol. The van der Waals surface area contributed by atoms with Crippen molar-refractivity contribution in [2.24, 2.45) is 18.9 Å². The molecule has 138 valence electrons. The third-order valence-electron chi connectivity index (χ3n) is 5.67. The standard InChI is InChI=1S/C18H24N6O2/c1-11-7-14(22-21-11)17(25)19-9-13-8-12-3-4-15(13)24(10-12)18(26)16-5-6-20-23(16)2/h5-7,12-13,15H,3-4,8-10H2,1-2H3,(H,19,25)(H,21,22). The molecule has 26 heavy (non-hydrogen) atoms. The van der Waals surface area contributed by atoms with E-state index in [4.69, 9.17) is 0 Å². The first-order valence-corrected chi connectivity index (χ1v) is 9.12. The number of nitrogens with one attached hydrogen (secondary N) is 2. The number of fused-ring (bicyclic) bond motifs is 3. The van der Waals surface area contributed by atoms with Gasteiger partial charge in [0.1, 0.15) is 11.4 Å². The van der Waals surface area contributed by atoms with Gasteiger partial charge in [0.05, 0.1) is 0 Å². The second kappa shape index (κ2) is 6.59. The summed E-state index contributed by atoms with van der Waals surface area (Å²) in [5, 5.41) is 13.9. The van der Waals surface area contributed by atoms with Gasteiger partial charge in [-0.3, -0.25) is 19.4 Å². The lowest BCUT2D eigenvalue weighted by Gasteiger charge is -2.50. The van der Waals surface area contributed by atoms with Gasteiger partial charge in [0.25, 0.3) is 11.8 Å². The molecule has 5 rings (SSSR count). The summed E-state index contributed by atoms with van der Waals surface area (Å²) in [6.07, 6.45) is 4.86. The first-order valence-electron chi connectivity index (χ1n) is 9.12. The molecule has 0 radical (unpaired) electrons. The highest BCUT2D eigenvalue weighted by atomic mass is 16.2. The predicted molar refractivity (Wildman–Crippen MR) is 94.5 cm³/mol. The number of hydrogen-bond donors (Lipinski definition) is 2. The molecule has 2 N–H and O–H groups in total. The highest BCUT2D eigenvalue weighted by Gasteiger charge is 2.43. The van der Waals surface area contributed by atoms with Gasteiger partial charge in [-0.2, -0.15) is 10.2 Å². The molecule has 3 fully saturated rings. The van der Waals surface area contributed by atoms with Crippen LogP contribution in [-0.4, -0.2) is 55.8 Å². The van der Waals surface area contributed by atoms with E-state index in [1.165, 1.54) is 0 Å². The van der Waals surface area contributed by atoms with Crippen LogP contribution < -0.4 is 5.32 Å². The number of hydrogen-bond acceptors (Lipinski definition) is 4. The van der Waals surface area contributed by atoms with Crippen LogP contribution in [-0.2, 0) is 7.05 Å². The molecule has 8 heteroatoms. The van der Waals surface area contributed by atoms with Gasteiger partial charge in [-0.25, -0.2) is 0 Å². The Bertz CT molecular complexity index is 825. The van der Waals surface area contributed by atoms with Gasteiger partial charge in [0.2, 0.25) is 0 Å². The number of carbonyl (C=O) groups is 2. The van der Waals surface area contributed by atoms with E-state index in [0.717, 1.165) is 31.5 Å². The summed E-state index contributed by atoms with van der Waals surface area (Å²) in [7, 11) is 1.79. The second-order valence-corrected chi connectivity index (χ2v) is 7.45. The molecule has 0 aromatic carbocycles. The van der Waals surface area contributed by atoms with E-state index in [2.05, 4.69) is 20.6 Å². The van der Waals surface area contributed by atoms with Gasteiger partial charge in [-0.15, -0.1) is 0 Å². The van der Waals surface area contributed by atoms with E-state index < -0.39 is 0 Å². The summed E-state index contributed by atoms with van der Waals surface area (Å²) in [5.41, 5.74) is 1.89. The molecule has 2 amide bonds. The molecule has 1 saturated carbocycles. The van der Waals surface area contributed by atoms with Crippen molar-refractivity contribution in [3.05, 3.63) is 35.4 Å².